The maximum Gasteiger partial charge on any atom is 0.216 e. The summed E-state index contributed by atoms with van der Waals surface area (Å²) in [6.07, 6.45) is 6.40. The van der Waals surface area contributed by atoms with Gasteiger partial charge in [-0.15, -0.1) is 5.10 Å². The summed E-state index contributed by atoms with van der Waals surface area (Å²) in [6.45, 7) is 7.65. The molecule has 2 aliphatic rings. The molecule has 1 saturated carbocycles. The Morgan fingerprint density at radius 3 is 2.41 bits per heavy atom. The summed E-state index contributed by atoms with van der Waals surface area (Å²) in [6, 6.07) is 9.19. The van der Waals surface area contributed by atoms with E-state index in [4.69, 9.17) is 10.1 Å². The zero-order valence-electron chi connectivity index (χ0n) is 19.5. The first kappa shape index (κ1) is 21.5. The standard InChI is InChI=1S/C24H35N7S/c1-4-29-14-16-30(17-15-29)24-27-31-22(25-19-8-6-5-7-9-19)21(26-23(31)32-24)18-10-12-20(13-11-18)28(2)3/h10-13,19,25H,4-9,14-17H2,1-3H3. The third-order valence-electron chi connectivity index (χ3n) is 6.89. The number of likely N-dealkylation sites (N-methyl/N-ethyl adjacent to an activating group) is 1. The quantitative estimate of drug-likeness (QED) is 0.597. The zero-order chi connectivity index (χ0) is 22.1. The Labute approximate surface area is 195 Å². The summed E-state index contributed by atoms with van der Waals surface area (Å²) in [5.41, 5.74) is 3.36. The Morgan fingerprint density at radius 1 is 1.03 bits per heavy atom. The molecule has 2 fully saturated rings. The molecule has 2 aromatic heterocycles. The molecule has 32 heavy (non-hydrogen) atoms. The molecule has 1 saturated heterocycles. The SMILES string of the molecule is CCN1CCN(c2nn3c(NC4CCCCC4)c(-c4ccc(N(C)C)cc4)nc3s2)CC1. The number of nitrogens with one attached hydrogen (secondary N) is 1. The molecule has 0 amide bonds. The minimum Gasteiger partial charge on any atom is -0.378 e. The van der Waals surface area contributed by atoms with Gasteiger partial charge in [-0.05, 0) is 31.5 Å². The minimum atomic E-state index is 0.502. The Kier molecular flexibility index (Phi) is 6.24. The molecule has 5 rings (SSSR count). The second-order valence-corrected chi connectivity index (χ2v) is 10.2. The van der Waals surface area contributed by atoms with E-state index >= 15 is 0 Å². The topological polar surface area (TPSA) is 51.9 Å². The van der Waals surface area contributed by atoms with Crippen molar-refractivity contribution in [2.24, 2.45) is 0 Å². The molecular weight excluding hydrogens is 418 g/mol. The number of benzene rings is 1. The Hall–Kier alpha value is -2.32. The van der Waals surface area contributed by atoms with Gasteiger partial charge in [-0.3, -0.25) is 0 Å². The van der Waals surface area contributed by atoms with Crippen LogP contribution in [0, 0.1) is 0 Å². The largest absolute Gasteiger partial charge is 0.378 e. The molecule has 7 nitrogen and oxygen atoms in total. The van der Waals surface area contributed by atoms with Crippen molar-refractivity contribution in [2.75, 3.05) is 61.9 Å². The van der Waals surface area contributed by atoms with Gasteiger partial charge < -0.3 is 20.0 Å². The maximum absolute atomic E-state index is 5.08. The summed E-state index contributed by atoms with van der Waals surface area (Å²) < 4.78 is 2.07. The Bertz CT molecular complexity index is 1020. The Morgan fingerprint density at radius 2 is 1.75 bits per heavy atom. The zero-order valence-corrected chi connectivity index (χ0v) is 20.4. The molecule has 0 spiro atoms. The number of nitrogens with zero attached hydrogens (tertiary/aromatic N) is 6. The number of hydrogen-bond donors (Lipinski definition) is 1. The molecule has 1 aromatic carbocycles. The van der Waals surface area contributed by atoms with Gasteiger partial charge in [0.2, 0.25) is 10.1 Å². The number of rotatable bonds is 6. The predicted octanol–water partition coefficient (Wildman–Crippen LogP) is 4.41. The van der Waals surface area contributed by atoms with E-state index in [1.165, 1.54) is 37.8 Å². The van der Waals surface area contributed by atoms with Crippen molar-refractivity contribution in [3.05, 3.63) is 24.3 Å². The van der Waals surface area contributed by atoms with E-state index in [1.807, 2.05) is 0 Å². The highest BCUT2D eigenvalue weighted by atomic mass is 32.1. The Balaban J connectivity index is 1.48. The lowest BCUT2D eigenvalue weighted by Crippen LogP contribution is -2.46. The van der Waals surface area contributed by atoms with Crippen LogP contribution in [0.25, 0.3) is 16.2 Å². The summed E-state index contributed by atoms with van der Waals surface area (Å²) in [4.78, 5) is 13.1. The van der Waals surface area contributed by atoms with Crippen molar-refractivity contribution in [3.63, 3.8) is 0 Å². The smallest absolute Gasteiger partial charge is 0.216 e. The van der Waals surface area contributed by atoms with Crippen molar-refractivity contribution in [1.29, 1.82) is 0 Å². The molecule has 1 aliphatic heterocycles. The highest BCUT2D eigenvalue weighted by molar-refractivity contribution is 7.20. The van der Waals surface area contributed by atoms with Gasteiger partial charge in [-0.25, -0.2) is 4.98 Å². The summed E-state index contributed by atoms with van der Waals surface area (Å²) in [5.74, 6) is 1.05. The third kappa shape index (κ3) is 4.30. The van der Waals surface area contributed by atoms with E-state index in [0.29, 0.717) is 6.04 Å². The summed E-state index contributed by atoms with van der Waals surface area (Å²) in [5, 5.41) is 9.99. The van der Waals surface area contributed by atoms with Crippen LogP contribution in [0.2, 0.25) is 0 Å². The number of hydrogen-bond acceptors (Lipinski definition) is 7. The number of fused-ring (bicyclic) bond motifs is 1. The highest BCUT2D eigenvalue weighted by Gasteiger charge is 2.25. The highest BCUT2D eigenvalue weighted by Crippen LogP contribution is 2.35. The summed E-state index contributed by atoms with van der Waals surface area (Å²) in [7, 11) is 4.15. The molecule has 0 atom stereocenters. The molecule has 0 bridgehead atoms. The van der Waals surface area contributed by atoms with Crippen LogP contribution in [0.1, 0.15) is 39.0 Å². The number of aromatic nitrogens is 3. The number of anilines is 3. The van der Waals surface area contributed by atoms with Crippen molar-refractivity contribution in [3.8, 4) is 11.3 Å². The van der Waals surface area contributed by atoms with Crippen LogP contribution in [-0.4, -0.2) is 72.4 Å². The molecule has 8 heteroatoms. The fourth-order valence-corrected chi connectivity index (χ4v) is 5.76. The first-order valence-electron chi connectivity index (χ1n) is 12.0. The summed E-state index contributed by atoms with van der Waals surface area (Å²) >= 11 is 1.71. The lowest BCUT2D eigenvalue weighted by Gasteiger charge is -2.33. The van der Waals surface area contributed by atoms with Gasteiger partial charge in [0.1, 0.15) is 5.69 Å². The second kappa shape index (κ2) is 9.27. The van der Waals surface area contributed by atoms with Crippen molar-refractivity contribution in [2.45, 2.75) is 45.1 Å². The van der Waals surface area contributed by atoms with Crippen LogP contribution in [0.3, 0.4) is 0 Å². The van der Waals surface area contributed by atoms with Gasteiger partial charge in [0.15, 0.2) is 5.82 Å². The fourth-order valence-electron chi connectivity index (χ4n) is 4.81. The lowest BCUT2D eigenvalue weighted by molar-refractivity contribution is 0.271. The van der Waals surface area contributed by atoms with Gasteiger partial charge in [0, 0.05) is 57.6 Å². The molecule has 0 unspecified atom stereocenters. The van der Waals surface area contributed by atoms with E-state index in [1.54, 1.807) is 11.3 Å². The van der Waals surface area contributed by atoms with Gasteiger partial charge in [0.25, 0.3) is 0 Å². The second-order valence-electron chi connectivity index (χ2n) is 9.23. The molecule has 0 radical (unpaired) electrons. The molecule has 1 N–H and O–H groups in total. The first-order valence-corrected chi connectivity index (χ1v) is 12.8. The molecule has 3 heterocycles. The molecule has 3 aromatic rings. The fraction of sp³-hybridized carbons (Fsp3) is 0.583. The molecule has 172 valence electrons. The van der Waals surface area contributed by atoms with Crippen molar-refractivity contribution in [1.82, 2.24) is 19.5 Å². The van der Waals surface area contributed by atoms with E-state index in [2.05, 4.69) is 69.8 Å². The van der Waals surface area contributed by atoms with Gasteiger partial charge >= 0.3 is 0 Å². The minimum absolute atomic E-state index is 0.502. The van der Waals surface area contributed by atoms with Crippen LogP contribution in [0.15, 0.2) is 24.3 Å². The van der Waals surface area contributed by atoms with Crippen LogP contribution >= 0.6 is 11.3 Å². The van der Waals surface area contributed by atoms with E-state index < -0.39 is 0 Å². The van der Waals surface area contributed by atoms with Gasteiger partial charge in [0.05, 0.1) is 0 Å². The van der Waals surface area contributed by atoms with Crippen LogP contribution in [-0.2, 0) is 0 Å². The van der Waals surface area contributed by atoms with Crippen molar-refractivity contribution >= 4 is 32.9 Å². The van der Waals surface area contributed by atoms with E-state index in [-0.39, 0.29) is 0 Å². The van der Waals surface area contributed by atoms with Crippen molar-refractivity contribution < 1.29 is 0 Å². The monoisotopic (exact) mass is 453 g/mol. The maximum atomic E-state index is 5.08. The lowest BCUT2D eigenvalue weighted by atomic mass is 9.95. The van der Waals surface area contributed by atoms with Crippen LogP contribution in [0.4, 0.5) is 16.6 Å². The van der Waals surface area contributed by atoms with E-state index in [9.17, 15) is 0 Å². The predicted molar refractivity (Wildman–Crippen MR) is 135 cm³/mol. The number of piperazine rings is 1. The average molecular weight is 454 g/mol. The molecular formula is C24H35N7S. The molecule has 1 aliphatic carbocycles. The first-order chi connectivity index (χ1) is 15.6. The van der Waals surface area contributed by atoms with Crippen LogP contribution in [0.5, 0.6) is 0 Å². The average Bonchev–Trinajstić information content (AvgIpc) is 3.39. The number of imidazole rings is 1. The van der Waals surface area contributed by atoms with Gasteiger partial charge in [-0.2, -0.15) is 4.52 Å². The van der Waals surface area contributed by atoms with Gasteiger partial charge in [-0.1, -0.05) is 49.7 Å². The van der Waals surface area contributed by atoms with E-state index in [0.717, 1.165) is 59.9 Å². The normalized spacial score (nSPS) is 18.4. The third-order valence-corrected chi connectivity index (χ3v) is 7.86. The van der Waals surface area contributed by atoms with Crippen LogP contribution < -0.4 is 15.1 Å².